The minimum atomic E-state index is -0.118. The average molecular weight is 300 g/mol. The molecule has 0 N–H and O–H groups in total. The van der Waals surface area contributed by atoms with Crippen LogP contribution in [0.25, 0.3) is 0 Å². The summed E-state index contributed by atoms with van der Waals surface area (Å²) in [4.78, 5) is 14.7. The summed E-state index contributed by atoms with van der Waals surface area (Å²) in [5.74, 6) is -0.152. The van der Waals surface area contributed by atoms with Gasteiger partial charge in [0, 0.05) is 15.6 Å². The summed E-state index contributed by atoms with van der Waals surface area (Å²) in [7, 11) is 0. The van der Waals surface area contributed by atoms with Gasteiger partial charge in [-0.25, -0.2) is 0 Å². The third-order valence-electron chi connectivity index (χ3n) is 2.45. The van der Waals surface area contributed by atoms with E-state index in [2.05, 4.69) is 0 Å². The van der Waals surface area contributed by atoms with Gasteiger partial charge in [-0.3, -0.25) is 4.79 Å². The molecule has 94 valence electrons. The van der Waals surface area contributed by atoms with Crippen molar-refractivity contribution in [1.29, 1.82) is 0 Å². The van der Waals surface area contributed by atoms with Crippen LogP contribution in [0, 0.1) is 0 Å². The molecule has 0 saturated carbocycles. The van der Waals surface area contributed by atoms with E-state index in [9.17, 15) is 4.79 Å². The third-order valence-corrected chi connectivity index (χ3v) is 3.79. The monoisotopic (exact) mass is 299 g/mol. The van der Waals surface area contributed by atoms with E-state index in [0.29, 0.717) is 11.6 Å². The number of rotatable bonds is 4. The van der Waals surface area contributed by atoms with Gasteiger partial charge in [0.1, 0.15) is 5.88 Å². The Morgan fingerprint density at radius 3 is 2.50 bits per heavy atom. The fourth-order valence-corrected chi connectivity index (χ4v) is 2.54. The maximum atomic E-state index is 11.9. The van der Waals surface area contributed by atoms with Crippen molar-refractivity contribution in [2.45, 2.75) is 6.54 Å². The molecule has 2 aromatic rings. The highest BCUT2D eigenvalue weighted by atomic mass is 35.5. The normalized spacial score (nSPS) is 10.3. The highest BCUT2D eigenvalue weighted by Crippen LogP contribution is 2.22. The SMILES string of the molecule is O=C(CCl)N(Cc1cccs1)c1ccc(Cl)cc1. The Morgan fingerprint density at radius 1 is 1.22 bits per heavy atom. The second-order valence-electron chi connectivity index (χ2n) is 3.67. The van der Waals surface area contributed by atoms with Crippen molar-refractivity contribution in [1.82, 2.24) is 0 Å². The van der Waals surface area contributed by atoms with E-state index in [4.69, 9.17) is 23.2 Å². The van der Waals surface area contributed by atoms with Crippen molar-refractivity contribution in [2.24, 2.45) is 0 Å². The van der Waals surface area contributed by atoms with E-state index >= 15 is 0 Å². The van der Waals surface area contributed by atoms with Crippen molar-refractivity contribution in [3.63, 3.8) is 0 Å². The predicted octanol–water partition coefficient (Wildman–Crippen LogP) is 4.17. The molecule has 1 amide bonds. The van der Waals surface area contributed by atoms with Gasteiger partial charge in [-0.05, 0) is 35.7 Å². The number of carbonyl (C=O) groups excluding carboxylic acids is 1. The van der Waals surface area contributed by atoms with Crippen molar-refractivity contribution in [3.05, 3.63) is 51.7 Å². The molecule has 0 fully saturated rings. The second-order valence-corrected chi connectivity index (χ2v) is 5.41. The number of hydrogen-bond donors (Lipinski definition) is 0. The minimum absolute atomic E-state index is 0.0337. The molecular weight excluding hydrogens is 289 g/mol. The Kier molecular flexibility index (Phi) is 4.64. The predicted molar refractivity (Wildman–Crippen MR) is 77.7 cm³/mol. The van der Waals surface area contributed by atoms with E-state index in [1.165, 1.54) is 0 Å². The summed E-state index contributed by atoms with van der Waals surface area (Å²) < 4.78 is 0. The molecule has 0 unspecified atom stereocenters. The summed E-state index contributed by atoms with van der Waals surface area (Å²) in [6.07, 6.45) is 0. The van der Waals surface area contributed by atoms with Crippen LogP contribution in [0.4, 0.5) is 5.69 Å². The van der Waals surface area contributed by atoms with Crippen LogP contribution in [0.5, 0.6) is 0 Å². The van der Waals surface area contributed by atoms with Crippen LogP contribution < -0.4 is 4.90 Å². The fourth-order valence-electron chi connectivity index (χ4n) is 1.58. The van der Waals surface area contributed by atoms with Gasteiger partial charge in [0.15, 0.2) is 0 Å². The number of nitrogens with zero attached hydrogens (tertiary/aromatic N) is 1. The first-order chi connectivity index (χ1) is 8.70. The Labute approximate surface area is 120 Å². The van der Waals surface area contributed by atoms with Crippen LogP contribution in [0.15, 0.2) is 41.8 Å². The van der Waals surface area contributed by atoms with Crippen molar-refractivity contribution < 1.29 is 4.79 Å². The van der Waals surface area contributed by atoms with Crippen molar-refractivity contribution >= 4 is 46.1 Å². The molecule has 0 aliphatic rings. The zero-order chi connectivity index (χ0) is 13.0. The van der Waals surface area contributed by atoms with Crippen LogP contribution >= 0.6 is 34.5 Å². The number of thiophene rings is 1. The summed E-state index contributed by atoms with van der Waals surface area (Å²) in [5, 5.41) is 2.63. The molecule has 0 atom stereocenters. The minimum Gasteiger partial charge on any atom is -0.306 e. The zero-order valence-corrected chi connectivity index (χ0v) is 11.8. The van der Waals surface area contributed by atoms with Gasteiger partial charge < -0.3 is 4.90 Å². The molecule has 0 spiro atoms. The maximum Gasteiger partial charge on any atom is 0.242 e. The van der Waals surface area contributed by atoms with Crippen LogP contribution in [0.3, 0.4) is 0 Å². The summed E-state index contributed by atoms with van der Waals surface area (Å²) >= 11 is 13.1. The number of anilines is 1. The Morgan fingerprint density at radius 2 is 1.94 bits per heavy atom. The summed E-state index contributed by atoms with van der Waals surface area (Å²) in [6.45, 7) is 0.533. The summed E-state index contributed by atoms with van der Waals surface area (Å²) in [5.41, 5.74) is 0.804. The lowest BCUT2D eigenvalue weighted by Gasteiger charge is -2.21. The molecule has 5 heteroatoms. The van der Waals surface area contributed by atoms with Gasteiger partial charge in [0.25, 0.3) is 0 Å². The molecule has 0 saturated heterocycles. The number of hydrogen-bond acceptors (Lipinski definition) is 2. The van der Waals surface area contributed by atoms with Crippen LogP contribution in [-0.4, -0.2) is 11.8 Å². The first kappa shape index (κ1) is 13.4. The number of amides is 1. The van der Waals surface area contributed by atoms with Gasteiger partial charge in [-0.2, -0.15) is 0 Å². The molecule has 1 heterocycles. The van der Waals surface area contributed by atoms with E-state index in [0.717, 1.165) is 10.6 Å². The van der Waals surface area contributed by atoms with Gasteiger partial charge in [0.2, 0.25) is 5.91 Å². The quantitative estimate of drug-likeness (QED) is 0.776. The van der Waals surface area contributed by atoms with Crippen LogP contribution in [0.1, 0.15) is 4.88 Å². The largest absolute Gasteiger partial charge is 0.306 e. The zero-order valence-electron chi connectivity index (χ0n) is 9.48. The van der Waals surface area contributed by atoms with E-state index in [1.54, 1.807) is 28.4 Å². The van der Waals surface area contributed by atoms with Gasteiger partial charge in [0.05, 0.1) is 6.54 Å². The molecule has 0 radical (unpaired) electrons. The molecule has 0 bridgehead atoms. The lowest BCUT2D eigenvalue weighted by atomic mass is 10.2. The molecule has 2 nitrogen and oxygen atoms in total. The third kappa shape index (κ3) is 3.25. The Hall–Kier alpha value is -1.03. The maximum absolute atomic E-state index is 11.9. The number of benzene rings is 1. The molecule has 0 aliphatic carbocycles. The van der Waals surface area contributed by atoms with E-state index < -0.39 is 0 Å². The average Bonchev–Trinajstić information content (AvgIpc) is 2.89. The highest BCUT2D eigenvalue weighted by Gasteiger charge is 2.15. The number of halogens is 2. The molecule has 18 heavy (non-hydrogen) atoms. The number of alkyl halides is 1. The lowest BCUT2D eigenvalue weighted by Crippen LogP contribution is -2.30. The standard InChI is InChI=1S/C13H11Cl2NOS/c14-8-13(17)16(9-12-2-1-7-18-12)11-5-3-10(15)4-6-11/h1-7H,8-9H2. The van der Waals surface area contributed by atoms with Gasteiger partial charge >= 0.3 is 0 Å². The van der Waals surface area contributed by atoms with Crippen LogP contribution in [0.2, 0.25) is 5.02 Å². The molecule has 1 aromatic heterocycles. The van der Waals surface area contributed by atoms with Crippen LogP contribution in [-0.2, 0) is 11.3 Å². The van der Waals surface area contributed by atoms with Gasteiger partial charge in [-0.15, -0.1) is 22.9 Å². The second kappa shape index (κ2) is 6.23. The highest BCUT2D eigenvalue weighted by molar-refractivity contribution is 7.09. The van der Waals surface area contributed by atoms with E-state index in [-0.39, 0.29) is 11.8 Å². The first-order valence-electron chi connectivity index (χ1n) is 5.35. The number of carbonyl (C=O) groups is 1. The smallest absolute Gasteiger partial charge is 0.242 e. The van der Waals surface area contributed by atoms with Crippen molar-refractivity contribution in [2.75, 3.05) is 10.8 Å². The molecule has 0 aliphatic heterocycles. The lowest BCUT2D eigenvalue weighted by molar-refractivity contribution is -0.116. The Balaban J connectivity index is 2.25. The Bertz CT molecular complexity index is 510. The van der Waals surface area contributed by atoms with E-state index in [1.807, 2.05) is 29.6 Å². The first-order valence-corrected chi connectivity index (χ1v) is 7.14. The summed E-state index contributed by atoms with van der Waals surface area (Å²) in [6, 6.07) is 11.1. The topological polar surface area (TPSA) is 20.3 Å². The van der Waals surface area contributed by atoms with Crippen molar-refractivity contribution in [3.8, 4) is 0 Å². The molecule has 2 rings (SSSR count). The molecule has 1 aromatic carbocycles. The van der Waals surface area contributed by atoms with Gasteiger partial charge in [-0.1, -0.05) is 17.7 Å². The molecular formula is C13H11Cl2NOS. The fraction of sp³-hybridized carbons (Fsp3) is 0.154.